The second-order valence-electron chi connectivity index (χ2n) is 3.81. The molecule has 0 fully saturated rings. The Labute approximate surface area is 115 Å². The number of aliphatic carboxylic acids is 1. The number of thiophene rings is 1. The van der Waals surface area contributed by atoms with Gasteiger partial charge in [-0.25, -0.2) is 4.79 Å². The van der Waals surface area contributed by atoms with Crippen molar-refractivity contribution in [2.75, 3.05) is 6.61 Å². The zero-order valence-electron chi connectivity index (χ0n) is 10.5. The highest BCUT2D eigenvalue weighted by molar-refractivity contribution is 7.11. The first kappa shape index (κ1) is 13.4. The Morgan fingerprint density at radius 1 is 1.32 bits per heavy atom. The predicted molar refractivity (Wildman–Crippen MR) is 77.4 cm³/mol. The number of rotatable bonds is 5. The fraction of sp³-hybridized carbons (Fsp3) is 0.133. The molecule has 19 heavy (non-hydrogen) atoms. The zero-order valence-corrected chi connectivity index (χ0v) is 11.3. The number of benzene rings is 1. The molecule has 0 amide bonds. The van der Waals surface area contributed by atoms with E-state index in [4.69, 9.17) is 4.74 Å². The average molecular weight is 274 g/mol. The number of hydrogen-bond donors (Lipinski definition) is 1. The van der Waals surface area contributed by atoms with Crippen molar-refractivity contribution >= 4 is 29.0 Å². The number of para-hydroxylation sites is 1. The number of carboxylic acid groups (broad SMARTS) is 1. The van der Waals surface area contributed by atoms with E-state index in [2.05, 4.69) is 0 Å². The molecule has 1 aromatic carbocycles. The van der Waals surface area contributed by atoms with E-state index in [9.17, 15) is 9.90 Å². The standard InChI is InChI=1S/C15H14O3S/c1-2-18-13-7-4-3-6-11(13)10-12(15(16)17)14-8-5-9-19-14/h3-10H,2H2,1H3,(H,16,17)/b12-10+. The molecular formula is C15H14O3S. The Morgan fingerprint density at radius 3 is 2.74 bits per heavy atom. The normalized spacial score (nSPS) is 11.3. The third kappa shape index (κ3) is 3.23. The second kappa shape index (κ2) is 6.20. The van der Waals surface area contributed by atoms with Crippen LogP contribution in [0.1, 0.15) is 17.4 Å². The van der Waals surface area contributed by atoms with E-state index in [1.807, 2.05) is 42.6 Å². The highest BCUT2D eigenvalue weighted by atomic mass is 32.1. The average Bonchev–Trinajstić information content (AvgIpc) is 2.91. The molecule has 0 aliphatic heterocycles. The Bertz CT molecular complexity index is 585. The Hall–Kier alpha value is -2.07. The Morgan fingerprint density at radius 2 is 2.11 bits per heavy atom. The molecule has 0 aliphatic carbocycles. The van der Waals surface area contributed by atoms with Crippen LogP contribution in [0.2, 0.25) is 0 Å². The van der Waals surface area contributed by atoms with Gasteiger partial charge in [0.2, 0.25) is 0 Å². The van der Waals surface area contributed by atoms with Crippen molar-refractivity contribution in [1.82, 2.24) is 0 Å². The first-order valence-electron chi connectivity index (χ1n) is 5.93. The van der Waals surface area contributed by atoms with Gasteiger partial charge in [-0.3, -0.25) is 0 Å². The van der Waals surface area contributed by atoms with Crippen molar-refractivity contribution in [2.24, 2.45) is 0 Å². The summed E-state index contributed by atoms with van der Waals surface area (Å²) in [6.07, 6.45) is 1.65. The summed E-state index contributed by atoms with van der Waals surface area (Å²) in [6, 6.07) is 11.1. The van der Waals surface area contributed by atoms with Crippen molar-refractivity contribution in [3.63, 3.8) is 0 Å². The van der Waals surface area contributed by atoms with Gasteiger partial charge in [-0.15, -0.1) is 11.3 Å². The molecule has 1 heterocycles. The van der Waals surface area contributed by atoms with Crippen LogP contribution in [0.4, 0.5) is 0 Å². The van der Waals surface area contributed by atoms with Crippen LogP contribution in [-0.4, -0.2) is 17.7 Å². The molecule has 0 unspecified atom stereocenters. The number of hydrogen-bond acceptors (Lipinski definition) is 3. The molecule has 0 saturated heterocycles. The summed E-state index contributed by atoms with van der Waals surface area (Å²) in [7, 11) is 0. The van der Waals surface area contributed by atoms with Gasteiger partial charge in [-0.2, -0.15) is 0 Å². The Balaban J connectivity index is 2.45. The van der Waals surface area contributed by atoms with Crippen LogP contribution >= 0.6 is 11.3 Å². The summed E-state index contributed by atoms with van der Waals surface area (Å²) >= 11 is 1.41. The summed E-state index contributed by atoms with van der Waals surface area (Å²) in [5, 5.41) is 11.2. The van der Waals surface area contributed by atoms with Gasteiger partial charge in [0.1, 0.15) is 5.75 Å². The quantitative estimate of drug-likeness (QED) is 0.844. The van der Waals surface area contributed by atoms with Crippen LogP contribution in [0.5, 0.6) is 5.75 Å². The minimum Gasteiger partial charge on any atom is -0.493 e. The molecule has 98 valence electrons. The first-order chi connectivity index (χ1) is 9.22. The van der Waals surface area contributed by atoms with Crippen molar-refractivity contribution in [1.29, 1.82) is 0 Å². The van der Waals surface area contributed by atoms with E-state index in [0.29, 0.717) is 12.4 Å². The lowest BCUT2D eigenvalue weighted by molar-refractivity contribution is -0.130. The smallest absolute Gasteiger partial charge is 0.337 e. The zero-order chi connectivity index (χ0) is 13.7. The van der Waals surface area contributed by atoms with Gasteiger partial charge >= 0.3 is 5.97 Å². The van der Waals surface area contributed by atoms with Crippen molar-refractivity contribution in [3.05, 3.63) is 52.2 Å². The van der Waals surface area contributed by atoms with Gasteiger partial charge in [0, 0.05) is 10.4 Å². The summed E-state index contributed by atoms with van der Waals surface area (Å²) < 4.78 is 5.50. The fourth-order valence-corrected chi connectivity index (χ4v) is 2.45. The van der Waals surface area contributed by atoms with Gasteiger partial charge in [0.15, 0.2) is 0 Å². The number of ether oxygens (including phenoxy) is 1. The van der Waals surface area contributed by atoms with E-state index in [1.54, 1.807) is 12.1 Å². The topological polar surface area (TPSA) is 46.5 Å². The van der Waals surface area contributed by atoms with Crippen LogP contribution < -0.4 is 4.74 Å². The largest absolute Gasteiger partial charge is 0.493 e. The molecule has 0 aliphatic rings. The molecule has 0 spiro atoms. The molecule has 0 saturated carbocycles. The lowest BCUT2D eigenvalue weighted by Crippen LogP contribution is -1.99. The molecule has 0 bridgehead atoms. The third-order valence-electron chi connectivity index (χ3n) is 2.54. The maximum Gasteiger partial charge on any atom is 0.337 e. The minimum atomic E-state index is -0.936. The Kier molecular flexibility index (Phi) is 4.36. The fourth-order valence-electron chi connectivity index (χ4n) is 1.71. The van der Waals surface area contributed by atoms with Gasteiger partial charge < -0.3 is 9.84 Å². The summed E-state index contributed by atoms with van der Waals surface area (Å²) in [4.78, 5) is 12.1. The van der Waals surface area contributed by atoms with Crippen molar-refractivity contribution in [3.8, 4) is 5.75 Å². The number of carbonyl (C=O) groups is 1. The predicted octanol–water partition coefficient (Wildman–Crippen LogP) is 3.77. The van der Waals surface area contributed by atoms with E-state index in [-0.39, 0.29) is 5.57 Å². The first-order valence-corrected chi connectivity index (χ1v) is 6.81. The van der Waals surface area contributed by atoms with Crippen molar-refractivity contribution in [2.45, 2.75) is 6.92 Å². The van der Waals surface area contributed by atoms with Crippen LogP contribution in [0.3, 0.4) is 0 Å². The van der Waals surface area contributed by atoms with Gasteiger partial charge in [0.05, 0.1) is 12.2 Å². The van der Waals surface area contributed by atoms with Gasteiger partial charge in [0.25, 0.3) is 0 Å². The molecular weight excluding hydrogens is 260 g/mol. The highest BCUT2D eigenvalue weighted by Crippen LogP contribution is 2.27. The summed E-state index contributed by atoms with van der Waals surface area (Å²) in [5.74, 6) is -0.242. The third-order valence-corrected chi connectivity index (χ3v) is 3.44. The highest BCUT2D eigenvalue weighted by Gasteiger charge is 2.12. The van der Waals surface area contributed by atoms with Crippen molar-refractivity contribution < 1.29 is 14.6 Å². The number of carboxylic acids is 1. The summed E-state index contributed by atoms with van der Waals surface area (Å²) in [6.45, 7) is 2.45. The van der Waals surface area contributed by atoms with Gasteiger partial charge in [-0.1, -0.05) is 24.3 Å². The molecule has 3 nitrogen and oxygen atoms in total. The van der Waals surface area contributed by atoms with E-state index in [0.717, 1.165) is 10.4 Å². The SMILES string of the molecule is CCOc1ccccc1/C=C(/C(=O)O)c1cccs1. The maximum absolute atomic E-state index is 11.4. The van der Waals surface area contributed by atoms with E-state index >= 15 is 0 Å². The minimum absolute atomic E-state index is 0.280. The lowest BCUT2D eigenvalue weighted by atomic mass is 10.1. The van der Waals surface area contributed by atoms with E-state index in [1.165, 1.54) is 11.3 Å². The summed E-state index contributed by atoms with van der Waals surface area (Å²) in [5.41, 5.74) is 1.05. The monoisotopic (exact) mass is 274 g/mol. The lowest BCUT2D eigenvalue weighted by Gasteiger charge is -2.07. The van der Waals surface area contributed by atoms with Crippen LogP contribution in [-0.2, 0) is 4.79 Å². The molecule has 4 heteroatoms. The van der Waals surface area contributed by atoms with Gasteiger partial charge in [-0.05, 0) is 30.5 Å². The second-order valence-corrected chi connectivity index (χ2v) is 4.76. The molecule has 0 atom stereocenters. The molecule has 2 aromatic rings. The molecule has 1 N–H and O–H groups in total. The maximum atomic E-state index is 11.4. The van der Waals surface area contributed by atoms with E-state index < -0.39 is 5.97 Å². The van der Waals surface area contributed by atoms with Crippen LogP contribution in [0.25, 0.3) is 11.6 Å². The van der Waals surface area contributed by atoms with Crippen LogP contribution in [0.15, 0.2) is 41.8 Å². The van der Waals surface area contributed by atoms with Crippen LogP contribution in [0, 0.1) is 0 Å². The molecule has 1 aromatic heterocycles. The molecule has 2 rings (SSSR count). The molecule has 0 radical (unpaired) electrons.